The number of alkyl carbamates (subject to hydrolysis) is 1. The molecular weight excluding hydrogens is 484 g/mol. The number of carbonyl (C=O) groups is 3. The first kappa shape index (κ1) is 26.2. The number of hydrogen-bond acceptors (Lipinski definition) is 6. The van der Waals surface area contributed by atoms with Gasteiger partial charge in [0.1, 0.15) is 6.10 Å². The maximum absolute atomic E-state index is 13.1. The van der Waals surface area contributed by atoms with Crippen LogP contribution >= 0.6 is 0 Å². The summed E-state index contributed by atoms with van der Waals surface area (Å²) >= 11 is 0. The van der Waals surface area contributed by atoms with E-state index in [4.69, 9.17) is 9.47 Å². The summed E-state index contributed by atoms with van der Waals surface area (Å²) in [6, 6.07) is 17.0. The van der Waals surface area contributed by atoms with E-state index in [1.54, 1.807) is 24.3 Å². The quantitative estimate of drug-likeness (QED) is 0.554. The van der Waals surface area contributed by atoms with Gasteiger partial charge in [0.15, 0.2) is 0 Å². The lowest BCUT2D eigenvalue weighted by Gasteiger charge is -2.25. The standard InChI is InChI=1S/C29H36N4O5/c1-20(34)30-25-9-7-22(8-10-25)28(35)33-17-23-15-32(16-24(23)18-33)13-11-27(21-5-3-2-4-6-21)31-29(36)38-26-12-14-37-19-26/h2-10,23-24,26-27H,11-19H2,1H3,(H,30,34)(H,31,36)/t23-,24?,26?,27?/m0/s1. The number of anilines is 1. The van der Waals surface area contributed by atoms with Gasteiger partial charge < -0.3 is 29.9 Å². The maximum atomic E-state index is 13.1. The van der Waals surface area contributed by atoms with Crippen LogP contribution in [-0.4, -0.2) is 79.7 Å². The van der Waals surface area contributed by atoms with Gasteiger partial charge >= 0.3 is 6.09 Å². The largest absolute Gasteiger partial charge is 0.444 e. The number of nitrogens with one attached hydrogen (secondary N) is 2. The van der Waals surface area contributed by atoms with E-state index in [0.29, 0.717) is 36.3 Å². The van der Waals surface area contributed by atoms with Gasteiger partial charge in [-0.3, -0.25) is 9.59 Å². The zero-order valence-corrected chi connectivity index (χ0v) is 21.8. The van der Waals surface area contributed by atoms with Gasteiger partial charge in [-0.05, 0) is 48.1 Å². The van der Waals surface area contributed by atoms with E-state index in [9.17, 15) is 14.4 Å². The summed E-state index contributed by atoms with van der Waals surface area (Å²) in [7, 11) is 0. The molecule has 4 atom stereocenters. The van der Waals surface area contributed by atoms with Crippen molar-refractivity contribution in [2.45, 2.75) is 31.9 Å². The van der Waals surface area contributed by atoms with Crippen molar-refractivity contribution in [3.05, 3.63) is 65.7 Å². The molecule has 2 aromatic carbocycles. The topological polar surface area (TPSA) is 100 Å². The highest BCUT2D eigenvalue weighted by Crippen LogP contribution is 2.32. The third-order valence-corrected chi connectivity index (χ3v) is 7.69. The predicted molar refractivity (Wildman–Crippen MR) is 143 cm³/mol. The van der Waals surface area contributed by atoms with Crippen LogP contribution in [0.4, 0.5) is 10.5 Å². The first-order valence-corrected chi connectivity index (χ1v) is 13.4. The van der Waals surface area contributed by atoms with Gasteiger partial charge in [0.05, 0.1) is 19.3 Å². The van der Waals surface area contributed by atoms with Gasteiger partial charge in [0.2, 0.25) is 5.91 Å². The molecule has 0 radical (unpaired) electrons. The number of hydrogen-bond donors (Lipinski definition) is 2. The molecule has 5 rings (SSSR count). The molecule has 3 heterocycles. The average molecular weight is 521 g/mol. The van der Waals surface area contributed by atoms with Gasteiger partial charge in [0, 0.05) is 57.3 Å². The number of ether oxygens (including phenoxy) is 2. The second-order valence-electron chi connectivity index (χ2n) is 10.5. The molecule has 2 aromatic rings. The summed E-state index contributed by atoms with van der Waals surface area (Å²) in [5.74, 6) is 0.812. The van der Waals surface area contributed by atoms with Crippen LogP contribution in [0.25, 0.3) is 0 Å². The third kappa shape index (κ3) is 6.52. The van der Waals surface area contributed by atoms with Gasteiger partial charge in [-0.25, -0.2) is 4.79 Å². The molecule has 0 aromatic heterocycles. The average Bonchev–Trinajstić information content (AvgIpc) is 3.64. The molecule has 3 aliphatic heterocycles. The van der Waals surface area contributed by atoms with E-state index in [0.717, 1.165) is 51.1 Å². The highest BCUT2D eigenvalue weighted by molar-refractivity contribution is 5.95. The van der Waals surface area contributed by atoms with Crippen LogP contribution in [0.5, 0.6) is 0 Å². The van der Waals surface area contributed by atoms with Crippen molar-refractivity contribution in [3.63, 3.8) is 0 Å². The lowest BCUT2D eigenvalue weighted by atomic mass is 10.0. The van der Waals surface area contributed by atoms with Crippen LogP contribution in [0.3, 0.4) is 0 Å². The molecule has 0 bridgehead atoms. The number of likely N-dealkylation sites (tertiary alicyclic amines) is 2. The number of carbonyl (C=O) groups excluding carboxylic acids is 3. The number of benzene rings is 2. The van der Waals surface area contributed by atoms with Crippen LogP contribution in [0.1, 0.15) is 41.7 Å². The Kier molecular flexibility index (Phi) is 8.24. The number of rotatable bonds is 8. The third-order valence-electron chi connectivity index (χ3n) is 7.69. The van der Waals surface area contributed by atoms with Gasteiger partial charge in [-0.2, -0.15) is 0 Å². The monoisotopic (exact) mass is 520 g/mol. The summed E-state index contributed by atoms with van der Waals surface area (Å²) in [5, 5.41) is 5.80. The second kappa shape index (κ2) is 12.0. The molecule has 3 fully saturated rings. The Morgan fingerprint density at radius 2 is 1.71 bits per heavy atom. The molecule has 2 N–H and O–H groups in total. The first-order chi connectivity index (χ1) is 18.4. The summed E-state index contributed by atoms with van der Waals surface area (Å²) in [6.07, 6.45) is 0.947. The molecule has 202 valence electrons. The molecule has 3 saturated heterocycles. The fourth-order valence-electron chi connectivity index (χ4n) is 5.77. The maximum Gasteiger partial charge on any atom is 0.407 e. The Bertz CT molecular complexity index is 1110. The fraction of sp³-hybridized carbons (Fsp3) is 0.483. The SMILES string of the molecule is CC(=O)Nc1ccc(C(=O)N2CC3CN(CCC(NC(=O)OC4CCOC4)c4ccccc4)C[C@H]3C2)cc1. The van der Waals surface area contributed by atoms with E-state index in [2.05, 4.69) is 15.5 Å². The van der Waals surface area contributed by atoms with Crippen molar-refractivity contribution in [2.75, 3.05) is 51.3 Å². The van der Waals surface area contributed by atoms with Gasteiger partial charge in [-0.1, -0.05) is 30.3 Å². The van der Waals surface area contributed by atoms with Crippen molar-refractivity contribution < 1.29 is 23.9 Å². The summed E-state index contributed by atoms with van der Waals surface area (Å²) in [6.45, 7) is 6.81. The lowest BCUT2D eigenvalue weighted by molar-refractivity contribution is -0.114. The molecule has 9 nitrogen and oxygen atoms in total. The zero-order chi connectivity index (χ0) is 26.5. The molecule has 38 heavy (non-hydrogen) atoms. The first-order valence-electron chi connectivity index (χ1n) is 13.4. The van der Waals surface area contributed by atoms with Crippen molar-refractivity contribution in [3.8, 4) is 0 Å². The smallest absolute Gasteiger partial charge is 0.407 e. The second-order valence-corrected chi connectivity index (χ2v) is 10.5. The number of amides is 3. The summed E-state index contributed by atoms with van der Waals surface area (Å²) in [4.78, 5) is 41.3. The Morgan fingerprint density at radius 1 is 1.00 bits per heavy atom. The molecule has 3 aliphatic rings. The number of nitrogens with zero attached hydrogens (tertiary/aromatic N) is 2. The van der Waals surface area contributed by atoms with Crippen LogP contribution < -0.4 is 10.6 Å². The van der Waals surface area contributed by atoms with Crippen molar-refractivity contribution in [2.24, 2.45) is 11.8 Å². The minimum Gasteiger partial charge on any atom is -0.444 e. The van der Waals surface area contributed by atoms with E-state index in [-0.39, 0.29) is 24.0 Å². The van der Waals surface area contributed by atoms with E-state index >= 15 is 0 Å². The Labute approximate surface area is 223 Å². The van der Waals surface area contributed by atoms with Crippen molar-refractivity contribution in [1.82, 2.24) is 15.1 Å². The van der Waals surface area contributed by atoms with E-state index < -0.39 is 6.09 Å². The molecule has 0 aliphatic carbocycles. The summed E-state index contributed by atoms with van der Waals surface area (Å²) < 4.78 is 10.9. The van der Waals surface area contributed by atoms with Crippen LogP contribution in [0, 0.1) is 11.8 Å². The summed E-state index contributed by atoms with van der Waals surface area (Å²) in [5.41, 5.74) is 2.39. The highest BCUT2D eigenvalue weighted by Gasteiger charge is 2.41. The van der Waals surface area contributed by atoms with Crippen LogP contribution in [0.2, 0.25) is 0 Å². The fourth-order valence-corrected chi connectivity index (χ4v) is 5.77. The van der Waals surface area contributed by atoms with Crippen LogP contribution in [-0.2, 0) is 14.3 Å². The van der Waals surface area contributed by atoms with Crippen LogP contribution in [0.15, 0.2) is 54.6 Å². The predicted octanol–water partition coefficient (Wildman–Crippen LogP) is 3.30. The minimum absolute atomic E-state index is 0.0415. The lowest BCUT2D eigenvalue weighted by Crippen LogP contribution is -2.36. The Morgan fingerprint density at radius 3 is 2.34 bits per heavy atom. The Hall–Kier alpha value is -3.43. The van der Waals surface area contributed by atoms with Gasteiger partial charge in [0.25, 0.3) is 5.91 Å². The Balaban J connectivity index is 1.12. The molecule has 3 amide bonds. The molecule has 0 spiro atoms. The normalized spacial score (nSPS) is 23.6. The highest BCUT2D eigenvalue weighted by atomic mass is 16.6. The number of fused-ring (bicyclic) bond motifs is 1. The van der Waals surface area contributed by atoms with Crippen molar-refractivity contribution in [1.29, 1.82) is 0 Å². The van der Waals surface area contributed by atoms with E-state index in [1.165, 1.54) is 6.92 Å². The minimum atomic E-state index is -0.396. The van der Waals surface area contributed by atoms with Crippen molar-refractivity contribution >= 4 is 23.6 Å². The van der Waals surface area contributed by atoms with E-state index in [1.807, 2.05) is 35.2 Å². The molecule has 3 unspecified atom stereocenters. The molecule has 9 heteroatoms. The molecule has 0 saturated carbocycles. The van der Waals surface area contributed by atoms with Gasteiger partial charge in [-0.15, -0.1) is 0 Å². The zero-order valence-electron chi connectivity index (χ0n) is 21.8. The molecular formula is C29H36N4O5.